The Morgan fingerprint density at radius 2 is 1.58 bits per heavy atom. The van der Waals surface area contributed by atoms with E-state index in [-0.39, 0.29) is 19.1 Å². The number of carbonyl (C=O) groups is 1. The third-order valence-electron chi connectivity index (χ3n) is 3.36. The molecule has 0 aliphatic rings. The minimum Gasteiger partial charge on any atom is -0.395 e. The van der Waals surface area contributed by atoms with Gasteiger partial charge in [0, 0.05) is 12.8 Å². The summed E-state index contributed by atoms with van der Waals surface area (Å²) in [6.45, 7) is 3.91. The number of benzene rings is 2. The SMILES string of the molecule is C=CC(=O)N(C/C=N/N(c1ccccc1)c1ccccc1)CCO. The van der Waals surface area contributed by atoms with Crippen LogP contribution in [0.2, 0.25) is 0 Å². The second-order valence-corrected chi connectivity index (χ2v) is 4.99. The molecule has 2 rings (SSSR count). The van der Waals surface area contributed by atoms with Gasteiger partial charge in [0.25, 0.3) is 0 Å². The number of nitrogens with zero attached hydrogens (tertiary/aromatic N) is 3. The normalized spacial score (nSPS) is 10.5. The highest BCUT2D eigenvalue weighted by molar-refractivity contribution is 5.88. The number of aliphatic hydroxyl groups is 1. The summed E-state index contributed by atoms with van der Waals surface area (Å²) in [6, 6.07) is 19.5. The van der Waals surface area contributed by atoms with E-state index in [0.29, 0.717) is 6.54 Å². The molecule has 0 heterocycles. The third kappa shape index (κ3) is 4.79. The van der Waals surface area contributed by atoms with Crippen molar-refractivity contribution in [3.8, 4) is 0 Å². The van der Waals surface area contributed by atoms with Gasteiger partial charge in [-0.15, -0.1) is 0 Å². The van der Waals surface area contributed by atoms with Crippen LogP contribution in [0.5, 0.6) is 0 Å². The molecule has 0 unspecified atom stereocenters. The fourth-order valence-corrected chi connectivity index (χ4v) is 2.18. The topological polar surface area (TPSA) is 56.1 Å². The summed E-state index contributed by atoms with van der Waals surface area (Å²) in [5.41, 5.74) is 1.84. The van der Waals surface area contributed by atoms with E-state index in [1.165, 1.54) is 11.0 Å². The number of amides is 1. The van der Waals surface area contributed by atoms with E-state index < -0.39 is 0 Å². The molecule has 0 radical (unpaired) electrons. The number of hydrogen-bond donors (Lipinski definition) is 1. The van der Waals surface area contributed by atoms with Crippen molar-refractivity contribution >= 4 is 23.5 Å². The lowest BCUT2D eigenvalue weighted by atomic mass is 10.2. The van der Waals surface area contributed by atoms with Crippen molar-refractivity contribution in [2.45, 2.75) is 0 Å². The number of rotatable bonds is 8. The molecule has 0 saturated heterocycles. The molecule has 0 aromatic heterocycles. The number of carbonyl (C=O) groups excluding carboxylic acids is 1. The van der Waals surface area contributed by atoms with Crippen LogP contribution in [0.25, 0.3) is 0 Å². The zero-order chi connectivity index (χ0) is 17.2. The van der Waals surface area contributed by atoms with Gasteiger partial charge in [0.15, 0.2) is 0 Å². The quantitative estimate of drug-likeness (QED) is 0.462. The number of hydrogen-bond acceptors (Lipinski definition) is 4. The van der Waals surface area contributed by atoms with Crippen LogP contribution in [-0.4, -0.2) is 41.8 Å². The summed E-state index contributed by atoms with van der Waals surface area (Å²) in [6.07, 6.45) is 2.88. The van der Waals surface area contributed by atoms with E-state index in [1.54, 1.807) is 11.2 Å². The molecule has 0 fully saturated rings. The Labute approximate surface area is 142 Å². The highest BCUT2D eigenvalue weighted by Crippen LogP contribution is 2.24. The van der Waals surface area contributed by atoms with Crippen molar-refractivity contribution in [2.24, 2.45) is 5.10 Å². The van der Waals surface area contributed by atoms with Crippen LogP contribution in [0.4, 0.5) is 11.4 Å². The maximum absolute atomic E-state index is 11.7. The van der Waals surface area contributed by atoms with E-state index in [4.69, 9.17) is 5.11 Å². The van der Waals surface area contributed by atoms with Gasteiger partial charge < -0.3 is 10.0 Å². The van der Waals surface area contributed by atoms with Crippen LogP contribution in [0.1, 0.15) is 0 Å². The lowest BCUT2D eigenvalue weighted by Crippen LogP contribution is -2.34. The lowest BCUT2D eigenvalue weighted by Gasteiger charge is -2.21. The van der Waals surface area contributed by atoms with Crippen LogP contribution < -0.4 is 5.01 Å². The number of hydrazone groups is 1. The Morgan fingerprint density at radius 3 is 2.04 bits per heavy atom. The highest BCUT2D eigenvalue weighted by atomic mass is 16.3. The zero-order valence-electron chi connectivity index (χ0n) is 13.5. The molecule has 0 atom stereocenters. The predicted molar refractivity (Wildman–Crippen MR) is 97.4 cm³/mol. The van der Waals surface area contributed by atoms with Gasteiger partial charge >= 0.3 is 0 Å². The van der Waals surface area contributed by atoms with Crippen LogP contribution in [0, 0.1) is 0 Å². The Bertz CT molecular complexity index is 632. The van der Waals surface area contributed by atoms with Gasteiger partial charge in [-0.1, -0.05) is 43.0 Å². The van der Waals surface area contributed by atoms with Crippen molar-refractivity contribution in [1.82, 2.24) is 4.90 Å². The molecule has 0 aliphatic carbocycles. The molecule has 0 aliphatic heterocycles. The first-order valence-corrected chi connectivity index (χ1v) is 7.71. The molecule has 0 bridgehead atoms. The molecule has 5 nitrogen and oxygen atoms in total. The average Bonchev–Trinajstić information content (AvgIpc) is 2.65. The average molecular weight is 323 g/mol. The Morgan fingerprint density at radius 1 is 1.04 bits per heavy atom. The monoisotopic (exact) mass is 323 g/mol. The summed E-state index contributed by atoms with van der Waals surface area (Å²) < 4.78 is 0. The minimum atomic E-state index is -0.235. The summed E-state index contributed by atoms with van der Waals surface area (Å²) in [5, 5.41) is 15.4. The molecular weight excluding hydrogens is 302 g/mol. The first kappa shape index (κ1) is 17.4. The number of anilines is 2. The van der Waals surface area contributed by atoms with Gasteiger partial charge in [0.1, 0.15) is 0 Å². The van der Waals surface area contributed by atoms with Crippen molar-refractivity contribution in [1.29, 1.82) is 0 Å². The van der Waals surface area contributed by atoms with Crippen molar-refractivity contribution in [2.75, 3.05) is 24.7 Å². The van der Waals surface area contributed by atoms with Gasteiger partial charge in [0.2, 0.25) is 5.91 Å². The van der Waals surface area contributed by atoms with Gasteiger partial charge in [-0.05, 0) is 30.3 Å². The van der Waals surface area contributed by atoms with Crippen molar-refractivity contribution < 1.29 is 9.90 Å². The fourth-order valence-electron chi connectivity index (χ4n) is 2.18. The van der Waals surface area contributed by atoms with Crippen LogP contribution >= 0.6 is 0 Å². The molecule has 1 amide bonds. The minimum absolute atomic E-state index is 0.103. The third-order valence-corrected chi connectivity index (χ3v) is 3.36. The van der Waals surface area contributed by atoms with E-state index >= 15 is 0 Å². The molecular formula is C19H21N3O2. The van der Waals surface area contributed by atoms with Gasteiger partial charge in [-0.3, -0.25) is 4.79 Å². The first-order chi connectivity index (χ1) is 11.8. The van der Waals surface area contributed by atoms with Crippen LogP contribution in [0.15, 0.2) is 78.4 Å². The summed E-state index contributed by atoms with van der Waals surface area (Å²) >= 11 is 0. The second-order valence-electron chi connectivity index (χ2n) is 4.99. The molecule has 2 aromatic carbocycles. The highest BCUT2D eigenvalue weighted by Gasteiger charge is 2.09. The van der Waals surface area contributed by atoms with E-state index in [9.17, 15) is 4.79 Å². The Kier molecular flexibility index (Phi) is 6.73. The van der Waals surface area contributed by atoms with Crippen LogP contribution in [0.3, 0.4) is 0 Å². The fraction of sp³-hybridized carbons (Fsp3) is 0.158. The van der Waals surface area contributed by atoms with E-state index in [0.717, 1.165) is 11.4 Å². The zero-order valence-corrected chi connectivity index (χ0v) is 13.5. The summed E-state index contributed by atoms with van der Waals surface area (Å²) in [4.78, 5) is 13.2. The predicted octanol–water partition coefficient (Wildman–Crippen LogP) is 2.82. The maximum Gasteiger partial charge on any atom is 0.246 e. The molecule has 2 aromatic rings. The van der Waals surface area contributed by atoms with Crippen molar-refractivity contribution in [3.05, 3.63) is 73.3 Å². The number of aliphatic hydroxyl groups excluding tert-OH is 1. The molecule has 24 heavy (non-hydrogen) atoms. The smallest absolute Gasteiger partial charge is 0.246 e. The second kappa shape index (κ2) is 9.27. The van der Waals surface area contributed by atoms with E-state index in [2.05, 4.69) is 11.7 Å². The molecule has 5 heteroatoms. The Hall–Kier alpha value is -2.92. The Balaban J connectivity index is 2.19. The number of para-hydroxylation sites is 2. The largest absolute Gasteiger partial charge is 0.395 e. The first-order valence-electron chi connectivity index (χ1n) is 7.71. The van der Waals surface area contributed by atoms with Gasteiger partial charge in [-0.2, -0.15) is 5.10 Å². The molecule has 0 saturated carbocycles. The molecule has 1 N–H and O–H groups in total. The maximum atomic E-state index is 11.7. The van der Waals surface area contributed by atoms with Crippen molar-refractivity contribution in [3.63, 3.8) is 0 Å². The van der Waals surface area contributed by atoms with Gasteiger partial charge in [0.05, 0.1) is 24.5 Å². The van der Waals surface area contributed by atoms with E-state index in [1.807, 2.05) is 60.7 Å². The molecule has 124 valence electrons. The van der Waals surface area contributed by atoms with Crippen LogP contribution in [-0.2, 0) is 4.79 Å². The van der Waals surface area contributed by atoms with Gasteiger partial charge in [-0.25, -0.2) is 5.01 Å². The molecule has 0 spiro atoms. The summed E-state index contributed by atoms with van der Waals surface area (Å²) in [5.74, 6) is -0.235. The standard InChI is InChI=1S/C19H21N3O2/c1-2-19(24)21(15-16-23)14-13-20-22(17-9-5-3-6-10-17)18-11-7-4-8-12-18/h2-13,23H,1,14-16H2/b20-13+. The lowest BCUT2D eigenvalue weighted by molar-refractivity contribution is -0.125. The summed E-state index contributed by atoms with van der Waals surface area (Å²) in [7, 11) is 0.